The zero-order valence-corrected chi connectivity index (χ0v) is 11.2. The molecule has 6 nitrogen and oxygen atoms in total. The average Bonchev–Trinajstić information content (AvgIpc) is 2.44. The van der Waals surface area contributed by atoms with Crippen LogP contribution in [0.25, 0.3) is 0 Å². The number of carbonyl (C=O) groups is 2. The first-order chi connectivity index (χ1) is 9.06. The van der Waals surface area contributed by atoms with Gasteiger partial charge in [-0.25, -0.2) is 4.79 Å². The number of nitrogens with one attached hydrogen (secondary N) is 2. The van der Waals surface area contributed by atoms with Gasteiger partial charge in [0.15, 0.2) is 0 Å². The first-order valence-electron chi connectivity index (χ1n) is 5.83. The lowest BCUT2D eigenvalue weighted by Gasteiger charge is -2.13. The Labute approximate surface area is 112 Å². The molecule has 0 spiro atoms. The largest absolute Gasteiger partial charge is 0.497 e. The van der Waals surface area contributed by atoms with E-state index in [1.54, 1.807) is 14.0 Å². The van der Waals surface area contributed by atoms with Crippen molar-refractivity contribution in [1.82, 2.24) is 5.32 Å². The molecule has 6 heteroatoms. The molecule has 0 aromatic heterocycles. The van der Waals surface area contributed by atoms with Gasteiger partial charge in [-0.05, 0) is 24.3 Å². The molecule has 19 heavy (non-hydrogen) atoms. The quantitative estimate of drug-likeness (QED) is 0.847. The molecule has 0 saturated heterocycles. The molecule has 104 valence electrons. The van der Waals surface area contributed by atoms with Gasteiger partial charge < -0.3 is 14.8 Å². The molecule has 1 atom stereocenters. The Morgan fingerprint density at radius 2 is 1.84 bits per heavy atom. The average molecular weight is 266 g/mol. The van der Waals surface area contributed by atoms with E-state index in [4.69, 9.17) is 4.74 Å². The second-order valence-electron chi connectivity index (χ2n) is 3.99. The highest BCUT2D eigenvalue weighted by atomic mass is 16.5. The van der Waals surface area contributed by atoms with E-state index in [1.807, 2.05) is 24.3 Å². The number of hydrogen-bond donors (Lipinski definition) is 2. The first-order valence-corrected chi connectivity index (χ1v) is 5.83. The van der Waals surface area contributed by atoms with Crippen LogP contribution in [-0.2, 0) is 9.53 Å². The maximum absolute atomic E-state index is 11.6. The van der Waals surface area contributed by atoms with Crippen molar-refractivity contribution in [2.75, 3.05) is 26.1 Å². The SMILES string of the molecule is COC(=O)NC(=O)[C@@H](C)CNc1ccc(OC)cc1. The molecule has 2 amide bonds. The minimum absolute atomic E-state index is 0.360. The number of methoxy groups -OCH3 is 2. The molecular formula is C13H18N2O4. The molecule has 2 N–H and O–H groups in total. The van der Waals surface area contributed by atoms with Crippen molar-refractivity contribution in [3.8, 4) is 5.75 Å². The zero-order valence-electron chi connectivity index (χ0n) is 11.2. The van der Waals surface area contributed by atoms with Gasteiger partial charge in [-0.1, -0.05) is 6.92 Å². The summed E-state index contributed by atoms with van der Waals surface area (Å²) in [6, 6.07) is 7.34. The van der Waals surface area contributed by atoms with Gasteiger partial charge in [0.1, 0.15) is 5.75 Å². The summed E-state index contributed by atoms with van der Waals surface area (Å²) in [4.78, 5) is 22.4. The maximum Gasteiger partial charge on any atom is 0.413 e. The van der Waals surface area contributed by atoms with Crippen LogP contribution in [0.2, 0.25) is 0 Å². The Morgan fingerprint density at radius 1 is 1.21 bits per heavy atom. The number of rotatable bonds is 5. The monoisotopic (exact) mass is 266 g/mol. The predicted octanol–water partition coefficient (Wildman–Crippen LogP) is 1.63. The summed E-state index contributed by atoms with van der Waals surface area (Å²) in [5.41, 5.74) is 0.874. The zero-order chi connectivity index (χ0) is 14.3. The van der Waals surface area contributed by atoms with Crippen LogP contribution in [0.15, 0.2) is 24.3 Å². The normalized spacial score (nSPS) is 11.3. The topological polar surface area (TPSA) is 76.7 Å². The molecule has 0 unspecified atom stereocenters. The summed E-state index contributed by atoms with van der Waals surface area (Å²) in [5, 5.41) is 5.22. The Hall–Kier alpha value is -2.24. The smallest absolute Gasteiger partial charge is 0.413 e. The molecule has 1 aromatic rings. The van der Waals surface area contributed by atoms with Crippen molar-refractivity contribution < 1.29 is 19.1 Å². The number of ether oxygens (including phenoxy) is 2. The van der Waals surface area contributed by atoms with Crippen molar-refractivity contribution >= 4 is 17.7 Å². The van der Waals surface area contributed by atoms with Crippen LogP contribution in [0.3, 0.4) is 0 Å². The second-order valence-corrected chi connectivity index (χ2v) is 3.99. The second kappa shape index (κ2) is 7.25. The molecule has 0 heterocycles. The third-order valence-electron chi connectivity index (χ3n) is 2.56. The fourth-order valence-corrected chi connectivity index (χ4v) is 1.35. The number of benzene rings is 1. The summed E-state index contributed by atoms with van der Waals surface area (Å²) in [6.07, 6.45) is -0.749. The fraction of sp³-hybridized carbons (Fsp3) is 0.385. The van der Waals surface area contributed by atoms with Crippen LogP contribution in [0, 0.1) is 5.92 Å². The van der Waals surface area contributed by atoms with Crippen LogP contribution in [-0.4, -0.2) is 32.8 Å². The fourth-order valence-electron chi connectivity index (χ4n) is 1.35. The van der Waals surface area contributed by atoms with Crippen molar-refractivity contribution in [1.29, 1.82) is 0 Å². The van der Waals surface area contributed by atoms with Crippen LogP contribution >= 0.6 is 0 Å². The molecular weight excluding hydrogens is 248 g/mol. The lowest BCUT2D eigenvalue weighted by molar-refractivity contribution is -0.123. The Morgan fingerprint density at radius 3 is 2.37 bits per heavy atom. The van der Waals surface area contributed by atoms with E-state index in [0.29, 0.717) is 6.54 Å². The lowest BCUT2D eigenvalue weighted by Crippen LogP contribution is -2.37. The Kier molecular flexibility index (Phi) is 5.66. The Balaban J connectivity index is 2.42. The van der Waals surface area contributed by atoms with E-state index in [2.05, 4.69) is 15.4 Å². The predicted molar refractivity (Wildman–Crippen MR) is 71.2 cm³/mol. The van der Waals surface area contributed by atoms with Gasteiger partial charge in [-0.3, -0.25) is 10.1 Å². The summed E-state index contributed by atoms with van der Waals surface area (Å²) in [5.74, 6) is 0.0242. The van der Waals surface area contributed by atoms with Crippen molar-refractivity contribution in [2.45, 2.75) is 6.92 Å². The minimum Gasteiger partial charge on any atom is -0.497 e. The molecule has 1 rings (SSSR count). The molecule has 0 radical (unpaired) electrons. The lowest BCUT2D eigenvalue weighted by atomic mass is 10.1. The van der Waals surface area contributed by atoms with E-state index in [-0.39, 0.29) is 11.8 Å². The summed E-state index contributed by atoms with van der Waals surface area (Å²) >= 11 is 0. The highest BCUT2D eigenvalue weighted by Gasteiger charge is 2.15. The van der Waals surface area contributed by atoms with Crippen molar-refractivity contribution in [3.63, 3.8) is 0 Å². The minimum atomic E-state index is -0.749. The van der Waals surface area contributed by atoms with E-state index >= 15 is 0 Å². The number of anilines is 1. The maximum atomic E-state index is 11.6. The van der Waals surface area contributed by atoms with Crippen molar-refractivity contribution in [2.24, 2.45) is 5.92 Å². The van der Waals surface area contributed by atoms with Crippen LogP contribution in [0.4, 0.5) is 10.5 Å². The number of hydrogen-bond acceptors (Lipinski definition) is 5. The third kappa shape index (κ3) is 4.87. The van der Waals surface area contributed by atoms with Crippen molar-refractivity contribution in [3.05, 3.63) is 24.3 Å². The van der Waals surface area contributed by atoms with E-state index in [1.165, 1.54) is 7.11 Å². The van der Waals surface area contributed by atoms with Crippen LogP contribution in [0.5, 0.6) is 5.75 Å². The number of alkyl carbamates (subject to hydrolysis) is 1. The van der Waals surface area contributed by atoms with Crippen LogP contribution < -0.4 is 15.4 Å². The first kappa shape index (κ1) is 14.8. The summed E-state index contributed by atoms with van der Waals surface area (Å²) in [7, 11) is 2.81. The van der Waals surface area contributed by atoms with E-state index in [0.717, 1.165) is 11.4 Å². The standard InChI is InChI=1S/C13H18N2O4/c1-9(12(16)15-13(17)19-3)8-14-10-4-6-11(18-2)7-5-10/h4-7,9,14H,8H2,1-3H3,(H,15,16,17)/t9-/m0/s1. The van der Waals surface area contributed by atoms with Gasteiger partial charge in [0.2, 0.25) is 5.91 Å². The van der Waals surface area contributed by atoms with E-state index < -0.39 is 6.09 Å². The van der Waals surface area contributed by atoms with Gasteiger partial charge >= 0.3 is 6.09 Å². The molecule has 0 saturated carbocycles. The molecule has 0 fully saturated rings. The highest BCUT2D eigenvalue weighted by molar-refractivity contribution is 5.93. The van der Waals surface area contributed by atoms with Gasteiger partial charge in [-0.15, -0.1) is 0 Å². The summed E-state index contributed by atoms with van der Waals surface area (Å²) in [6.45, 7) is 2.13. The highest BCUT2D eigenvalue weighted by Crippen LogP contribution is 2.15. The molecule has 0 aliphatic rings. The number of carbonyl (C=O) groups excluding carboxylic acids is 2. The van der Waals surface area contributed by atoms with Gasteiger partial charge in [0.25, 0.3) is 0 Å². The molecule has 0 bridgehead atoms. The Bertz CT molecular complexity index is 431. The van der Waals surface area contributed by atoms with Crippen LogP contribution in [0.1, 0.15) is 6.92 Å². The summed E-state index contributed by atoms with van der Waals surface area (Å²) < 4.78 is 9.40. The van der Waals surface area contributed by atoms with Gasteiger partial charge in [-0.2, -0.15) is 0 Å². The van der Waals surface area contributed by atoms with Gasteiger partial charge in [0.05, 0.1) is 20.1 Å². The number of amides is 2. The molecule has 0 aliphatic heterocycles. The molecule has 0 aliphatic carbocycles. The van der Waals surface area contributed by atoms with E-state index in [9.17, 15) is 9.59 Å². The number of imide groups is 1. The molecule has 1 aromatic carbocycles. The van der Waals surface area contributed by atoms with Gasteiger partial charge in [0, 0.05) is 12.2 Å². The third-order valence-corrected chi connectivity index (χ3v) is 2.56.